The van der Waals surface area contributed by atoms with Gasteiger partial charge in [0, 0.05) is 18.4 Å². The highest BCUT2D eigenvalue weighted by molar-refractivity contribution is 5.68. The Bertz CT molecular complexity index is 402. The number of carboxylic acid groups (broad SMARTS) is 1. The van der Waals surface area contributed by atoms with Crippen LogP contribution in [-0.4, -0.2) is 27.1 Å². The molecule has 0 radical (unpaired) electrons. The first-order chi connectivity index (χ1) is 7.63. The van der Waals surface area contributed by atoms with Gasteiger partial charge in [-0.1, -0.05) is 13.3 Å². The fourth-order valence-corrected chi connectivity index (χ4v) is 1.43. The molecule has 0 amide bonds. The summed E-state index contributed by atoms with van der Waals surface area (Å²) in [6, 6.07) is -0.265. The third-order valence-electron chi connectivity index (χ3n) is 2.11. The number of carboxylic acids is 1. The molecule has 1 aromatic heterocycles. The summed E-state index contributed by atoms with van der Waals surface area (Å²) in [6.45, 7) is 1.96. The zero-order valence-electron chi connectivity index (χ0n) is 9.06. The molecule has 1 aromatic rings. The minimum atomic E-state index is -0.890. The topological polar surface area (TPSA) is 95.1 Å². The quantitative estimate of drug-likeness (QED) is 0.666. The van der Waals surface area contributed by atoms with Crippen molar-refractivity contribution < 1.29 is 9.90 Å². The first kappa shape index (κ1) is 12.2. The van der Waals surface area contributed by atoms with Gasteiger partial charge in [-0.05, 0) is 6.42 Å². The van der Waals surface area contributed by atoms with Crippen molar-refractivity contribution in [2.45, 2.75) is 32.2 Å². The zero-order chi connectivity index (χ0) is 12.0. The Labute approximate surface area is 92.7 Å². The summed E-state index contributed by atoms with van der Waals surface area (Å²) in [5, 5.41) is 11.6. The standard InChI is InChI=1S/C10H15N3O3/c1-2-3-7(6-8(14)15)13-9-10(16)12-5-4-11-9/h4-5,7H,2-3,6H2,1H3,(H,11,13)(H,12,16)(H,14,15). The Hall–Kier alpha value is -1.85. The van der Waals surface area contributed by atoms with Crippen molar-refractivity contribution in [1.82, 2.24) is 9.97 Å². The third-order valence-corrected chi connectivity index (χ3v) is 2.11. The number of rotatable bonds is 6. The average molecular weight is 225 g/mol. The molecule has 0 bridgehead atoms. The smallest absolute Gasteiger partial charge is 0.305 e. The van der Waals surface area contributed by atoms with Crippen molar-refractivity contribution >= 4 is 11.8 Å². The molecule has 0 aliphatic carbocycles. The fourth-order valence-electron chi connectivity index (χ4n) is 1.43. The van der Waals surface area contributed by atoms with E-state index in [1.807, 2.05) is 6.92 Å². The van der Waals surface area contributed by atoms with Gasteiger partial charge in [-0.2, -0.15) is 0 Å². The van der Waals surface area contributed by atoms with E-state index in [0.717, 1.165) is 6.42 Å². The van der Waals surface area contributed by atoms with Gasteiger partial charge >= 0.3 is 5.97 Å². The fraction of sp³-hybridized carbons (Fsp3) is 0.500. The molecule has 0 aliphatic rings. The summed E-state index contributed by atoms with van der Waals surface area (Å²) in [7, 11) is 0. The van der Waals surface area contributed by atoms with Crippen molar-refractivity contribution in [2.75, 3.05) is 5.32 Å². The Kier molecular flexibility index (Phi) is 4.50. The van der Waals surface area contributed by atoms with Gasteiger partial charge in [0.25, 0.3) is 5.56 Å². The zero-order valence-corrected chi connectivity index (χ0v) is 9.06. The Morgan fingerprint density at radius 1 is 1.69 bits per heavy atom. The van der Waals surface area contributed by atoms with E-state index in [0.29, 0.717) is 6.42 Å². The van der Waals surface area contributed by atoms with Crippen LogP contribution in [0.3, 0.4) is 0 Å². The Morgan fingerprint density at radius 2 is 2.44 bits per heavy atom. The normalized spacial score (nSPS) is 12.1. The van der Waals surface area contributed by atoms with E-state index in [9.17, 15) is 9.59 Å². The van der Waals surface area contributed by atoms with Crippen LogP contribution in [0, 0.1) is 0 Å². The number of carbonyl (C=O) groups is 1. The lowest BCUT2D eigenvalue weighted by atomic mass is 10.1. The van der Waals surface area contributed by atoms with E-state index >= 15 is 0 Å². The van der Waals surface area contributed by atoms with Crippen molar-refractivity contribution in [3.8, 4) is 0 Å². The van der Waals surface area contributed by atoms with Gasteiger partial charge in [0.2, 0.25) is 0 Å². The van der Waals surface area contributed by atoms with E-state index in [2.05, 4.69) is 15.3 Å². The highest BCUT2D eigenvalue weighted by Crippen LogP contribution is 2.06. The number of aromatic amines is 1. The van der Waals surface area contributed by atoms with Gasteiger partial charge < -0.3 is 15.4 Å². The van der Waals surface area contributed by atoms with Crippen LogP contribution in [0.25, 0.3) is 0 Å². The first-order valence-electron chi connectivity index (χ1n) is 5.15. The van der Waals surface area contributed by atoms with Gasteiger partial charge in [0.05, 0.1) is 6.42 Å². The van der Waals surface area contributed by atoms with Gasteiger partial charge in [-0.3, -0.25) is 9.59 Å². The predicted molar refractivity (Wildman–Crippen MR) is 59.4 cm³/mol. The second-order valence-corrected chi connectivity index (χ2v) is 3.49. The maximum absolute atomic E-state index is 11.3. The molecule has 3 N–H and O–H groups in total. The molecule has 1 unspecified atom stereocenters. The predicted octanol–water partition coefficient (Wildman–Crippen LogP) is 0.825. The monoisotopic (exact) mass is 225 g/mol. The van der Waals surface area contributed by atoms with E-state index in [-0.39, 0.29) is 23.8 Å². The largest absolute Gasteiger partial charge is 0.481 e. The SMILES string of the molecule is CCCC(CC(=O)O)Nc1ncc[nH]c1=O. The number of hydrogen-bond acceptors (Lipinski definition) is 4. The lowest BCUT2D eigenvalue weighted by Crippen LogP contribution is -2.27. The van der Waals surface area contributed by atoms with Gasteiger partial charge in [-0.15, -0.1) is 0 Å². The minimum absolute atomic E-state index is 0.0240. The molecular weight excluding hydrogens is 210 g/mol. The van der Waals surface area contributed by atoms with Crippen molar-refractivity contribution in [2.24, 2.45) is 0 Å². The summed E-state index contributed by atoms with van der Waals surface area (Å²) in [6.07, 6.45) is 4.38. The number of nitrogens with one attached hydrogen (secondary N) is 2. The number of aliphatic carboxylic acids is 1. The van der Waals surface area contributed by atoms with Gasteiger partial charge in [0.15, 0.2) is 5.82 Å². The maximum Gasteiger partial charge on any atom is 0.305 e. The molecule has 16 heavy (non-hydrogen) atoms. The molecule has 1 atom stereocenters. The number of anilines is 1. The molecule has 0 fully saturated rings. The van der Waals surface area contributed by atoms with E-state index in [1.54, 1.807) is 0 Å². The Balaban J connectivity index is 2.71. The van der Waals surface area contributed by atoms with Gasteiger partial charge in [-0.25, -0.2) is 4.98 Å². The van der Waals surface area contributed by atoms with Crippen LogP contribution < -0.4 is 10.9 Å². The van der Waals surface area contributed by atoms with Crippen LogP contribution in [-0.2, 0) is 4.79 Å². The summed E-state index contributed by atoms with van der Waals surface area (Å²) in [5.74, 6) is -0.722. The molecule has 0 spiro atoms. The number of hydrogen-bond donors (Lipinski definition) is 3. The van der Waals surface area contributed by atoms with Crippen molar-refractivity contribution in [1.29, 1.82) is 0 Å². The second-order valence-electron chi connectivity index (χ2n) is 3.49. The molecular formula is C10H15N3O3. The highest BCUT2D eigenvalue weighted by Gasteiger charge is 2.13. The minimum Gasteiger partial charge on any atom is -0.481 e. The number of nitrogens with zero attached hydrogens (tertiary/aromatic N) is 1. The van der Waals surface area contributed by atoms with E-state index in [1.165, 1.54) is 12.4 Å². The van der Waals surface area contributed by atoms with Crippen LogP contribution in [0.15, 0.2) is 17.2 Å². The number of aromatic nitrogens is 2. The first-order valence-corrected chi connectivity index (χ1v) is 5.15. The van der Waals surface area contributed by atoms with E-state index < -0.39 is 5.97 Å². The highest BCUT2D eigenvalue weighted by atomic mass is 16.4. The molecule has 88 valence electrons. The second kappa shape index (κ2) is 5.89. The molecule has 1 rings (SSSR count). The lowest BCUT2D eigenvalue weighted by molar-refractivity contribution is -0.137. The van der Waals surface area contributed by atoms with Crippen LogP contribution >= 0.6 is 0 Å². The van der Waals surface area contributed by atoms with Crippen LogP contribution in [0.5, 0.6) is 0 Å². The summed E-state index contributed by atoms with van der Waals surface area (Å²) in [4.78, 5) is 28.3. The van der Waals surface area contributed by atoms with Gasteiger partial charge in [0.1, 0.15) is 0 Å². The molecule has 0 saturated heterocycles. The molecule has 0 aromatic carbocycles. The van der Waals surface area contributed by atoms with E-state index in [4.69, 9.17) is 5.11 Å². The maximum atomic E-state index is 11.3. The molecule has 0 aliphatic heterocycles. The molecule has 1 heterocycles. The third kappa shape index (κ3) is 3.72. The summed E-state index contributed by atoms with van der Waals surface area (Å²) in [5.41, 5.74) is -0.339. The summed E-state index contributed by atoms with van der Waals surface area (Å²) >= 11 is 0. The van der Waals surface area contributed by atoms with Crippen LogP contribution in [0.2, 0.25) is 0 Å². The summed E-state index contributed by atoms with van der Waals surface area (Å²) < 4.78 is 0. The average Bonchev–Trinajstić information content (AvgIpc) is 2.21. The van der Waals surface area contributed by atoms with Crippen LogP contribution in [0.4, 0.5) is 5.82 Å². The lowest BCUT2D eigenvalue weighted by Gasteiger charge is -2.15. The van der Waals surface area contributed by atoms with Crippen molar-refractivity contribution in [3.63, 3.8) is 0 Å². The molecule has 6 nitrogen and oxygen atoms in total. The molecule has 6 heteroatoms. The van der Waals surface area contributed by atoms with Crippen LogP contribution in [0.1, 0.15) is 26.2 Å². The molecule has 0 saturated carbocycles. The number of H-pyrrole nitrogens is 1. The Morgan fingerprint density at radius 3 is 3.00 bits per heavy atom. The van der Waals surface area contributed by atoms with Crippen molar-refractivity contribution in [3.05, 3.63) is 22.7 Å².